The molecule has 2 aromatic carbocycles. The van der Waals surface area contributed by atoms with E-state index in [-0.39, 0.29) is 5.91 Å². The Hall–Kier alpha value is -3.44. The van der Waals surface area contributed by atoms with Gasteiger partial charge in [0.05, 0.1) is 0 Å². The van der Waals surface area contributed by atoms with Crippen LogP contribution in [0.1, 0.15) is 25.8 Å². The summed E-state index contributed by atoms with van der Waals surface area (Å²) in [4.78, 5) is 19.8. The molecule has 5 nitrogen and oxygen atoms in total. The second-order valence-electron chi connectivity index (χ2n) is 8.84. The first-order valence-electron chi connectivity index (χ1n) is 12.1. The number of benzene rings is 2. The van der Waals surface area contributed by atoms with E-state index in [0.717, 1.165) is 54.5 Å². The Balaban J connectivity index is 1.33. The van der Waals surface area contributed by atoms with Gasteiger partial charge in [0.15, 0.2) is 0 Å². The Morgan fingerprint density at radius 2 is 1.51 bits per heavy atom. The largest absolute Gasteiger partial charge is 0.368 e. The standard InChI is InChI=1S/C29H33ClN4O/c1-4-22(2)28(34-16-6-5-7-23(34)3)29(35)31-21-24-8-12-26(13-9-24)32-17-19-33(20-18-32)27-14-10-25(30)11-15-27/h5-16H,3-4,17-21H2,1-2H3,(H,31,35)/b28-22+. The van der Waals surface area contributed by atoms with Crippen LogP contribution in [0.4, 0.5) is 11.4 Å². The number of hydrogen-bond acceptors (Lipinski definition) is 4. The fourth-order valence-corrected chi connectivity index (χ4v) is 4.46. The van der Waals surface area contributed by atoms with Crippen LogP contribution in [0.15, 0.2) is 96.5 Å². The average molecular weight is 489 g/mol. The van der Waals surface area contributed by atoms with E-state index in [1.807, 2.05) is 48.4 Å². The monoisotopic (exact) mass is 488 g/mol. The Morgan fingerprint density at radius 3 is 2.06 bits per heavy atom. The minimum Gasteiger partial charge on any atom is -0.368 e. The summed E-state index contributed by atoms with van der Waals surface area (Å²) in [7, 11) is 0. The molecule has 2 aromatic rings. The summed E-state index contributed by atoms with van der Waals surface area (Å²) < 4.78 is 0. The topological polar surface area (TPSA) is 38.8 Å². The number of nitrogens with zero attached hydrogens (tertiary/aromatic N) is 3. The number of allylic oxidation sites excluding steroid dienone is 4. The van der Waals surface area contributed by atoms with Crippen LogP contribution in [0.5, 0.6) is 0 Å². The number of piperazine rings is 1. The molecule has 2 heterocycles. The van der Waals surface area contributed by atoms with Crippen molar-refractivity contribution in [3.05, 3.63) is 107 Å². The highest BCUT2D eigenvalue weighted by molar-refractivity contribution is 6.30. The third-order valence-corrected chi connectivity index (χ3v) is 6.81. The van der Waals surface area contributed by atoms with Crippen molar-refractivity contribution >= 4 is 28.9 Å². The van der Waals surface area contributed by atoms with Crippen LogP contribution in [0.2, 0.25) is 5.02 Å². The molecular weight excluding hydrogens is 456 g/mol. The van der Waals surface area contributed by atoms with Crippen molar-refractivity contribution in [3.8, 4) is 0 Å². The van der Waals surface area contributed by atoms with Gasteiger partial charge in [-0.15, -0.1) is 0 Å². The first-order chi connectivity index (χ1) is 17.0. The summed E-state index contributed by atoms with van der Waals surface area (Å²) in [6.07, 6.45) is 8.43. The lowest BCUT2D eigenvalue weighted by molar-refractivity contribution is -0.118. The van der Waals surface area contributed by atoms with E-state index in [9.17, 15) is 4.79 Å². The van der Waals surface area contributed by atoms with Gasteiger partial charge in [-0.3, -0.25) is 4.79 Å². The molecule has 1 saturated heterocycles. The van der Waals surface area contributed by atoms with Gasteiger partial charge in [-0.2, -0.15) is 0 Å². The highest BCUT2D eigenvalue weighted by atomic mass is 35.5. The molecule has 0 aliphatic carbocycles. The molecule has 4 rings (SSSR count). The number of carbonyl (C=O) groups excluding carboxylic acids is 1. The minimum atomic E-state index is -0.0900. The second-order valence-corrected chi connectivity index (χ2v) is 9.28. The molecule has 0 saturated carbocycles. The van der Waals surface area contributed by atoms with Gasteiger partial charge < -0.3 is 20.0 Å². The van der Waals surface area contributed by atoms with Gasteiger partial charge in [0.2, 0.25) is 0 Å². The first-order valence-corrected chi connectivity index (χ1v) is 12.5. The average Bonchev–Trinajstić information content (AvgIpc) is 2.89. The van der Waals surface area contributed by atoms with Gasteiger partial charge in [0, 0.05) is 61.0 Å². The molecular formula is C29H33ClN4O. The highest BCUT2D eigenvalue weighted by Gasteiger charge is 2.21. The molecule has 1 fully saturated rings. The lowest BCUT2D eigenvalue weighted by Gasteiger charge is -2.37. The van der Waals surface area contributed by atoms with Crippen molar-refractivity contribution in [2.24, 2.45) is 0 Å². The van der Waals surface area contributed by atoms with Crippen LogP contribution in [0.3, 0.4) is 0 Å². The number of amides is 1. The van der Waals surface area contributed by atoms with Crippen LogP contribution >= 0.6 is 11.6 Å². The predicted molar refractivity (Wildman–Crippen MR) is 146 cm³/mol. The lowest BCUT2D eigenvalue weighted by atomic mass is 10.1. The van der Waals surface area contributed by atoms with Crippen LogP contribution in [0.25, 0.3) is 0 Å². The van der Waals surface area contributed by atoms with Crippen molar-refractivity contribution in [2.75, 3.05) is 36.0 Å². The van der Waals surface area contributed by atoms with E-state index in [4.69, 9.17) is 11.6 Å². The fraction of sp³-hybridized carbons (Fsp3) is 0.276. The van der Waals surface area contributed by atoms with Crippen LogP contribution in [-0.2, 0) is 11.3 Å². The number of carbonyl (C=O) groups is 1. The van der Waals surface area contributed by atoms with Crippen molar-refractivity contribution < 1.29 is 4.79 Å². The molecule has 2 aliphatic heterocycles. The van der Waals surface area contributed by atoms with Gasteiger partial charge in [0.1, 0.15) is 5.70 Å². The molecule has 6 heteroatoms. The second kappa shape index (κ2) is 11.3. The third kappa shape index (κ3) is 5.98. The zero-order chi connectivity index (χ0) is 24.8. The highest BCUT2D eigenvalue weighted by Crippen LogP contribution is 2.24. The summed E-state index contributed by atoms with van der Waals surface area (Å²) in [5, 5.41) is 3.86. The number of rotatable bonds is 7. The summed E-state index contributed by atoms with van der Waals surface area (Å²) >= 11 is 6.02. The maximum absolute atomic E-state index is 13.1. The summed E-state index contributed by atoms with van der Waals surface area (Å²) in [5.74, 6) is -0.0900. The van der Waals surface area contributed by atoms with Gasteiger partial charge in [-0.25, -0.2) is 0 Å². The molecule has 0 spiro atoms. The van der Waals surface area contributed by atoms with E-state index in [2.05, 4.69) is 65.0 Å². The SMILES string of the molecule is C=C1C=CC=CN1/C(C(=O)NCc1ccc(N2CCN(c3ccc(Cl)cc3)CC2)cc1)=C(\C)CC. The number of halogens is 1. The molecule has 0 unspecified atom stereocenters. The Kier molecular flexibility index (Phi) is 7.98. The Morgan fingerprint density at radius 1 is 0.943 bits per heavy atom. The van der Waals surface area contributed by atoms with Gasteiger partial charge >= 0.3 is 0 Å². The molecule has 0 radical (unpaired) electrons. The van der Waals surface area contributed by atoms with Crippen molar-refractivity contribution in [2.45, 2.75) is 26.8 Å². The molecule has 35 heavy (non-hydrogen) atoms. The molecule has 0 aromatic heterocycles. The van der Waals surface area contributed by atoms with E-state index in [0.29, 0.717) is 12.2 Å². The third-order valence-electron chi connectivity index (χ3n) is 6.56. The number of anilines is 2. The van der Waals surface area contributed by atoms with Crippen LogP contribution in [-0.4, -0.2) is 37.0 Å². The van der Waals surface area contributed by atoms with E-state index in [1.54, 1.807) is 0 Å². The lowest BCUT2D eigenvalue weighted by Crippen LogP contribution is -2.46. The quantitative estimate of drug-likeness (QED) is 0.495. The van der Waals surface area contributed by atoms with Crippen molar-refractivity contribution in [3.63, 3.8) is 0 Å². The first kappa shape index (κ1) is 24.7. The maximum Gasteiger partial charge on any atom is 0.268 e. The van der Waals surface area contributed by atoms with Gasteiger partial charge in [0.25, 0.3) is 5.91 Å². The van der Waals surface area contributed by atoms with Crippen molar-refractivity contribution in [1.29, 1.82) is 0 Å². The zero-order valence-electron chi connectivity index (χ0n) is 20.5. The van der Waals surface area contributed by atoms with Crippen molar-refractivity contribution in [1.82, 2.24) is 10.2 Å². The zero-order valence-corrected chi connectivity index (χ0v) is 21.3. The van der Waals surface area contributed by atoms with E-state index >= 15 is 0 Å². The smallest absolute Gasteiger partial charge is 0.268 e. The molecule has 0 atom stereocenters. The van der Waals surface area contributed by atoms with Gasteiger partial charge in [-0.1, -0.05) is 43.3 Å². The molecule has 2 aliphatic rings. The minimum absolute atomic E-state index is 0.0900. The molecule has 182 valence electrons. The fourth-order valence-electron chi connectivity index (χ4n) is 4.34. The predicted octanol–water partition coefficient (Wildman–Crippen LogP) is 5.87. The molecule has 1 amide bonds. The molecule has 1 N–H and O–H groups in total. The maximum atomic E-state index is 13.1. The van der Waals surface area contributed by atoms with Gasteiger partial charge in [-0.05, 0) is 73.0 Å². The normalized spacial score (nSPS) is 16.4. The van der Waals surface area contributed by atoms with Crippen LogP contribution in [0, 0.1) is 0 Å². The Labute approximate surface area is 213 Å². The molecule has 0 bridgehead atoms. The van der Waals surface area contributed by atoms with E-state index < -0.39 is 0 Å². The summed E-state index contributed by atoms with van der Waals surface area (Å²) in [6, 6.07) is 16.5. The van der Waals surface area contributed by atoms with E-state index in [1.165, 1.54) is 11.4 Å². The summed E-state index contributed by atoms with van der Waals surface area (Å²) in [5.41, 5.74) is 5.95. The summed E-state index contributed by atoms with van der Waals surface area (Å²) in [6.45, 7) is 12.5. The Bertz CT molecular complexity index is 1140. The number of hydrogen-bond donors (Lipinski definition) is 1. The van der Waals surface area contributed by atoms with Crippen LogP contribution < -0.4 is 15.1 Å². The number of nitrogens with one attached hydrogen (secondary N) is 1.